The number of carbonyl (C=O) groups is 2. The number of ketones is 1. The number of nitrogens with zero attached hydrogens (tertiary/aromatic N) is 1. The molecule has 0 spiro atoms. The maximum atomic E-state index is 13.3. The Morgan fingerprint density at radius 3 is 2.61 bits per heavy atom. The second kappa shape index (κ2) is 9.97. The summed E-state index contributed by atoms with van der Waals surface area (Å²) in [5, 5.41) is 9.68. The van der Waals surface area contributed by atoms with Crippen molar-refractivity contribution in [3.63, 3.8) is 0 Å². The topological polar surface area (TPSA) is 76.4 Å². The monoisotopic (exact) mass is 465 g/mol. The van der Waals surface area contributed by atoms with E-state index >= 15 is 0 Å². The summed E-state index contributed by atoms with van der Waals surface area (Å²) in [5.74, 6) is -0.499. The average Bonchev–Trinajstić information content (AvgIpc) is 3.36. The lowest BCUT2D eigenvalue weighted by Crippen LogP contribution is -2.52. The lowest BCUT2D eigenvalue weighted by molar-refractivity contribution is -0.185. The molecule has 2 aromatic carbocycles. The van der Waals surface area contributed by atoms with E-state index in [0.29, 0.717) is 29.2 Å². The summed E-state index contributed by atoms with van der Waals surface area (Å²) in [6.07, 6.45) is 5.90. The highest BCUT2D eigenvalue weighted by Gasteiger charge is 2.51. The van der Waals surface area contributed by atoms with Crippen molar-refractivity contribution in [2.24, 2.45) is 11.8 Å². The Morgan fingerprint density at radius 1 is 1.15 bits per heavy atom. The van der Waals surface area contributed by atoms with Gasteiger partial charge < -0.3 is 9.47 Å². The maximum absolute atomic E-state index is 13.3. The van der Waals surface area contributed by atoms with Gasteiger partial charge in [-0.05, 0) is 73.4 Å². The van der Waals surface area contributed by atoms with Crippen molar-refractivity contribution in [2.75, 3.05) is 7.11 Å². The summed E-state index contributed by atoms with van der Waals surface area (Å²) in [6, 6.07) is 14.8. The SMILES string of the molecule is COc1ccc(CCC2(C3CCCC3)CC(=O)C(Cc3cccc(C#N)c3)C(=O)O2)cc1Cl. The van der Waals surface area contributed by atoms with E-state index < -0.39 is 17.5 Å². The normalized spacial score (nSPS) is 23.2. The minimum atomic E-state index is -0.816. The van der Waals surface area contributed by atoms with Crippen LogP contribution in [0.25, 0.3) is 0 Å². The van der Waals surface area contributed by atoms with E-state index in [1.165, 1.54) is 0 Å². The highest BCUT2D eigenvalue weighted by Crippen LogP contribution is 2.45. The standard InChI is InChI=1S/C27H28ClNO4/c1-32-25-10-9-18(15-23(25)28)11-12-27(21-7-2-3-8-21)16-24(30)22(26(31)33-27)14-19-5-4-6-20(13-19)17-29/h4-6,9-10,13,15,21-22H,2-3,7-8,11-12,14,16H2,1H3. The van der Waals surface area contributed by atoms with Gasteiger partial charge in [0.15, 0.2) is 5.78 Å². The molecular formula is C27H28ClNO4. The summed E-state index contributed by atoms with van der Waals surface area (Å²) in [7, 11) is 1.58. The number of rotatable bonds is 7. The zero-order chi connectivity index (χ0) is 23.4. The number of aryl methyl sites for hydroxylation is 1. The van der Waals surface area contributed by atoms with Gasteiger partial charge in [0.05, 0.1) is 23.8 Å². The molecule has 0 aromatic heterocycles. The van der Waals surface area contributed by atoms with E-state index in [1.54, 1.807) is 25.3 Å². The number of halogens is 1. The van der Waals surface area contributed by atoms with E-state index in [4.69, 9.17) is 26.3 Å². The maximum Gasteiger partial charge on any atom is 0.317 e. The van der Waals surface area contributed by atoms with Crippen molar-refractivity contribution in [3.8, 4) is 11.8 Å². The van der Waals surface area contributed by atoms with E-state index in [9.17, 15) is 9.59 Å². The number of hydrogen-bond acceptors (Lipinski definition) is 5. The van der Waals surface area contributed by atoms with Crippen molar-refractivity contribution in [1.29, 1.82) is 5.26 Å². The second-order valence-electron chi connectivity index (χ2n) is 9.15. The smallest absolute Gasteiger partial charge is 0.317 e. The number of benzene rings is 2. The van der Waals surface area contributed by atoms with Gasteiger partial charge >= 0.3 is 5.97 Å². The largest absolute Gasteiger partial charge is 0.495 e. The van der Waals surface area contributed by atoms with E-state index in [1.807, 2.05) is 24.3 Å². The molecule has 2 atom stereocenters. The molecule has 1 saturated carbocycles. The van der Waals surface area contributed by atoms with Crippen LogP contribution in [-0.2, 0) is 27.2 Å². The molecule has 2 fully saturated rings. The highest BCUT2D eigenvalue weighted by molar-refractivity contribution is 6.32. The molecule has 1 aliphatic carbocycles. The van der Waals surface area contributed by atoms with E-state index in [-0.39, 0.29) is 24.5 Å². The van der Waals surface area contributed by atoms with Gasteiger partial charge in [0.25, 0.3) is 0 Å². The zero-order valence-electron chi connectivity index (χ0n) is 18.8. The third-order valence-electron chi connectivity index (χ3n) is 7.10. The predicted molar refractivity (Wildman–Crippen MR) is 125 cm³/mol. The summed E-state index contributed by atoms with van der Waals surface area (Å²) in [6.45, 7) is 0. The van der Waals surface area contributed by atoms with Gasteiger partial charge in [-0.15, -0.1) is 0 Å². The van der Waals surface area contributed by atoms with Gasteiger partial charge in [-0.1, -0.05) is 42.6 Å². The molecule has 0 bridgehead atoms. The summed E-state index contributed by atoms with van der Waals surface area (Å²) in [4.78, 5) is 26.4. The molecule has 5 nitrogen and oxygen atoms in total. The quantitative estimate of drug-likeness (QED) is 0.401. The number of ether oxygens (including phenoxy) is 2. The highest BCUT2D eigenvalue weighted by atomic mass is 35.5. The molecule has 0 amide bonds. The first-order valence-electron chi connectivity index (χ1n) is 11.5. The zero-order valence-corrected chi connectivity index (χ0v) is 19.6. The molecule has 172 valence electrons. The number of hydrogen-bond donors (Lipinski definition) is 0. The van der Waals surface area contributed by atoms with Crippen LogP contribution < -0.4 is 4.74 Å². The van der Waals surface area contributed by atoms with Crippen molar-refractivity contribution < 1.29 is 19.1 Å². The Bertz CT molecular complexity index is 1070. The molecule has 1 aliphatic heterocycles. The Balaban J connectivity index is 1.52. The number of esters is 1. The predicted octanol–water partition coefficient (Wildman–Crippen LogP) is 5.46. The van der Waals surface area contributed by atoms with Crippen LogP contribution >= 0.6 is 11.6 Å². The first-order valence-corrected chi connectivity index (χ1v) is 11.9. The molecule has 2 aliphatic rings. The van der Waals surface area contributed by atoms with Gasteiger partial charge in [-0.3, -0.25) is 9.59 Å². The van der Waals surface area contributed by atoms with Crippen molar-refractivity contribution in [3.05, 3.63) is 64.2 Å². The molecule has 0 N–H and O–H groups in total. The van der Waals surface area contributed by atoms with Crippen LogP contribution in [0.4, 0.5) is 0 Å². The molecule has 4 rings (SSSR count). The van der Waals surface area contributed by atoms with Crippen LogP contribution in [0.5, 0.6) is 5.75 Å². The number of carbonyl (C=O) groups excluding carboxylic acids is 2. The van der Waals surface area contributed by atoms with Gasteiger partial charge in [0.2, 0.25) is 0 Å². The van der Waals surface area contributed by atoms with Gasteiger partial charge in [-0.25, -0.2) is 0 Å². The minimum Gasteiger partial charge on any atom is -0.495 e. The van der Waals surface area contributed by atoms with E-state index in [2.05, 4.69) is 6.07 Å². The van der Waals surface area contributed by atoms with E-state index in [0.717, 1.165) is 36.8 Å². The molecule has 33 heavy (non-hydrogen) atoms. The lowest BCUT2D eigenvalue weighted by atomic mass is 9.73. The van der Waals surface area contributed by atoms with Gasteiger partial charge in [0, 0.05) is 6.42 Å². The summed E-state index contributed by atoms with van der Waals surface area (Å²) in [5.41, 5.74) is 1.58. The van der Waals surface area contributed by atoms with Crippen LogP contribution in [-0.4, -0.2) is 24.5 Å². The number of cyclic esters (lactones) is 1. The fourth-order valence-electron chi connectivity index (χ4n) is 5.30. The average molecular weight is 466 g/mol. The molecule has 2 unspecified atom stereocenters. The molecule has 1 heterocycles. The fraction of sp³-hybridized carbons (Fsp3) is 0.444. The Morgan fingerprint density at radius 2 is 1.94 bits per heavy atom. The molecule has 1 saturated heterocycles. The molecule has 0 radical (unpaired) electrons. The van der Waals surface area contributed by atoms with Crippen LogP contribution in [0.15, 0.2) is 42.5 Å². The second-order valence-corrected chi connectivity index (χ2v) is 9.56. The summed E-state index contributed by atoms with van der Waals surface area (Å²) < 4.78 is 11.4. The first-order chi connectivity index (χ1) is 15.9. The lowest BCUT2D eigenvalue weighted by Gasteiger charge is -2.43. The third-order valence-corrected chi connectivity index (χ3v) is 7.39. The molecule has 2 aromatic rings. The van der Waals surface area contributed by atoms with Gasteiger partial charge in [-0.2, -0.15) is 5.26 Å². The van der Waals surface area contributed by atoms with Crippen LogP contribution in [0, 0.1) is 23.2 Å². The minimum absolute atomic E-state index is 0.0618. The van der Waals surface area contributed by atoms with Crippen LogP contribution in [0.2, 0.25) is 5.02 Å². The number of Topliss-reactive ketones (excluding diaryl/α,β-unsaturated/α-hetero) is 1. The number of methoxy groups -OCH3 is 1. The summed E-state index contributed by atoms with van der Waals surface area (Å²) >= 11 is 6.29. The van der Waals surface area contributed by atoms with Gasteiger partial charge in [0.1, 0.15) is 17.3 Å². The Kier molecular flexibility index (Phi) is 7.05. The van der Waals surface area contributed by atoms with Crippen LogP contribution in [0.1, 0.15) is 55.2 Å². The fourth-order valence-corrected chi connectivity index (χ4v) is 5.58. The Labute approximate surface area is 199 Å². The van der Waals surface area contributed by atoms with Crippen LogP contribution in [0.3, 0.4) is 0 Å². The van der Waals surface area contributed by atoms with Crippen molar-refractivity contribution in [2.45, 2.75) is 57.0 Å². The Hall–Kier alpha value is -2.84. The third kappa shape index (κ3) is 5.07. The molecule has 6 heteroatoms. The first kappa shape index (κ1) is 23.3. The van der Waals surface area contributed by atoms with Crippen molar-refractivity contribution >= 4 is 23.4 Å². The van der Waals surface area contributed by atoms with Crippen molar-refractivity contribution in [1.82, 2.24) is 0 Å². The molecular weight excluding hydrogens is 438 g/mol. The number of nitriles is 1.